The lowest BCUT2D eigenvalue weighted by atomic mass is 10.1. The van der Waals surface area contributed by atoms with Crippen molar-refractivity contribution in [3.63, 3.8) is 0 Å². The lowest BCUT2D eigenvalue weighted by molar-refractivity contribution is -0.384. The number of benzene rings is 2. The minimum Gasteiger partial charge on any atom is -0.312 e. The SMILES string of the molecule is Cc1cccc(N2CC(c3nnc(NC(=O)CSCc4ccc([N+](=O)[O-])cc4)s3)CC2=O)c1. The highest BCUT2D eigenvalue weighted by atomic mass is 32.2. The Kier molecular flexibility index (Phi) is 6.99. The van der Waals surface area contributed by atoms with Crippen LogP contribution in [-0.4, -0.2) is 39.2 Å². The molecule has 1 aliphatic heterocycles. The molecule has 33 heavy (non-hydrogen) atoms. The van der Waals surface area contributed by atoms with Gasteiger partial charge in [-0.15, -0.1) is 22.0 Å². The smallest absolute Gasteiger partial charge is 0.269 e. The molecule has 1 unspecified atom stereocenters. The van der Waals surface area contributed by atoms with Gasteiger partial charge in [-0.2, -0.15) is 0 Å². The van der Waals surface area contributed by atoms with Gasteiger partial charge in [0.05, 0.1) is 10.7 Å². The minimum atomic E-state index is -0.442. The molecule has 0 saturated carbocycles. The Morgan fingerprint density at radius 1 is 1.27 bits per heavy atom. The highest BCUT2D eigenvalue weighted by molar-refractivity contribution is 7.99. The maximum atomic E-state index is 12.5. The van der Waals surface area contributed by atoms with Crippen LogP contribution in [0.5, 0.6) is 0 Å². The van der Waals surface area contributed by atoms with Crippen molar-refractivity contribution < 1.29 is 14.5 Å². The van der Waals surface area contributed by atoms with Gasteiger partial charge in [-0.1, -0.05) is 35.6 Å². The second-order valence-corrected chi connectivity index (χ2v) is 9.65. The molecule has 0 spiro atoms. The maximum Gasteiger partial charge on any atom is 0.269 e. The van der Waals surface area contributed by atoms with Crippen LogP contribution in [0.25, 0.3) is 0 Å². The summed E-state index contributed by atoms with van der Waals surface area (Å²) in [6.45, 7) is 2.53. The third kappa shape index (κ3) is 5.74. The number of hydrogen-bond donors (Lipinski definition) is 1. The molecule has 1 fully saturated rings. The Morgan fingerprint density at radius 3 is 2.79 bits per heavy atom. The van der Waals surface area contributed by atoms with E-state index in [1.807, 2.05) is 31.2 Å². The second-order valence-electron chi connectivity index (χ2n) is 7.65. The van der Waals surface area contributed by atoms with Crippen molar-refractivity contribution in [2.75, 3.05) is 22.5 Å². The van der Waals surface area contributed by atoms with Crippen LogP contribution in [0.2, 0.25) is 0 Å². The number of carbonyl (C=O) groups is 2. The number of nitrogens with zero attached hydrogens (tertiary/aromatic N) is 4. The average Bonchev–Trinajstić information content (AvgIpc) is 3.40. The van der Waals surface area contributed by atoms with Crippen molar-refractivity contribution in [3.8, 4) is 0 Å². The van der Waals surface area contributed by atoms with Gasteiger partial charge in [0, 0.05) is 42.5 Å². The summed E-state index contributed by atoms with van der Waals surface area (Å²) in [6, 6.07) is 14.1. The van der Waals surface area contributed by atoms with E-state index in [4.69, 9.17) is 0 Å². The van der Waals surface area contributed by atoms with E-state index in [-0.39, 0.29) is 29.2 Å². The fourth-order valence-electron chi connectivity index (χ4n) is 3.50. The van der Waals surface area contributed by atoms with Gasteiger partial charge in [0.15, 0.2) is 0 Å². The number of nitro benzene ring substituents is 1. The third-order valence-electron chi connectivity index (χ3n) is 5.12. The number of aromatic nitrogens is 2. The van der Waals surface area contributed by atoms with Gasteiger partial charge < -0.3 is 4.90 Å². The number of anilines is 2. The molecule has 0 aliphatic carbocycles. The first-order valence-electron chi connectivity index (χ1n) is 10.2. The summed E-state index contributed by atoms with van der Waals surface area (Å²) < 4.78 is 0. The normalized spacial score (nSPS) is 15.6. The quantitative estimate of drug-likeness (QED) is 0.378. The zero-order chi connectivity index (χ0) is 23.4. The van der Waals surface area contributed by atoms with Crippen molar-refractivity contribution in [3.05, 3.63) is 74.8 Å². The number of nitro groups is 1. The van der Waals surface area contributed by atoms with Crippen LogP contribution in [0, 0.1) is 17.0 Å². The summed E-state index contributed by atoms with van der Waals surface area (Å²) in [5.41, 5.74) is 2.92. The summed E-state index contributed by atoms with van der Waals surface area (Å²) in [4.78, 5) is 36.8. The zero-order valence-corrected chi connectivity index (χ0v) is 19.4. The van der Waals surface area contributed by atoms with Gasteiger partial charge in [0.1, 0.15) is 5.01 Å². The summed E-state index contributed by atoms with van der Waals surface area (Å²) in [5, 5.41) is 22.9. The largest absolute Gasteiger partial charge is 0.312 e. The summed E-state index contributed by atoms with van der Waals surface area (Å²) in [6.07, 6.45) is 0.363. The molecule has 2 amide bonds. The maximum absolute atomic E-state index is 12.5. The lowest BCUT2D eigenvalue weighted by Crippen LogP contribution is -2.24. The molecular weight excluding hydrogens is 462 g/mol. The van der Waals surface area contributed by atoms with E-state index in [1.54, 1.807) is 17.0 Å². The van der Waals surface area contributed by atoms with Crippen LogP contribution < -0.4 is 10.2 Å². The molecule has 4 rings (SSSR count). The molecular formula is C22H21N5O4S2. The Morgan fingerprint density at radius 2 is 2.06 bits per heavy atom. The average molecular weight is 484 g/mol. The van der Waals surface area contributed by atoms with E-state index in [2.05, 4.69) is 15.5 Å². The molecule has 1 atom stereocenters. The van der Waals surface area contributed by atoms with E-state index in [1.165, 1.54) is 35.2 Å². The Balaban J connectivity index is 1.27. The fourth-order valence-corrected chi connectivity index (χ4v) is 5.14. The standard InChI is InChI=1S/C22H21N5O4S2/c1-14-3-2-4-18(9-14)26-11-16(10-20(26)29)21-24-25-22(33-21)23-19(28)13-32-12-15-5-7-17(8-6-15)27(30)31/h2-9,16H,10-13H2,1H3,(H,23,25,28). The van der Waals surface area contributed by atoms with E-state index in [9.17, 15) is 19.7 Å². The Labute approximate surface area is 198 Å². The molecule has 9 nitrogen and oxygen atoms in total. The number of carbonyl (C=O) groups excluding carboxylic acids is 2. The summed E-state index contributed by atoms with van der Waals surface area (Å²) in [5.74, 6) is 0.570. The molecule has 0 bridgehead atoms. The predicted molar refractivity (Wildman–Crippen MR) is 129 cm³/mol. The lowest BCUT2D eigenvalue weighted by Gasteiger charge is -2.16. The van der Waals surface area contributed by atoms with Crippen LogP contribution in [0.1, 0.15) is 28.5 Å². The van der Waals surface area contributed by atoms with Crippen molar-refractivity contribution in [1.29, 1.82) is 0 Å². The Bertz CT molecular complexity index is 1180. The predicted octanol–water partition coefficient (Wildman–Crippen LogP) is 4.15. The van der Waals surface area contributed by atoms with Crippen LogP contribution in [0.15, 0.2) is 48.5 Å². The molecule has 1 N–H and O–H groups in total. The van der Waals surface area contributed by atoms with Crippen molar-refractivity contribution >= 4 is 51.4 Å². The van der Waals surface area contributed by atoms with Crippen LogP contribution in [0.3, 0.4) is 0 Å². The van der Waals surface area contributed by atoms with Crippen LogP contribution >= 0.6 is 23.1 Å². The molecule has 0 radical (unpaired) electrons. The van der Waals surface area contributed by atoms with Crippen molar-refractivity contribution in [1.82, 2.24) is 10.2 Å². The number of aryl methyl sites for hydroxylation is 1. The minimum absolute atomic E-state index is 0.0412. The zero-order valence-electron chi connectivity index (χ0n) is 17.8. The first-order valence-corrected chi connectivity index (χ1v) is 12.2. The second kappa shape index (κ2) is 10.1. The van der Waals surface area contributed by atoms with E-state index in [0.717, 1.165) is 21.8 Å². The fraction of sp³-hybridized carbons (Fsp3) is 0.273. The first kappa shape index (κ1) is 22.9. The molecule has 1 saturated heterocycles. The third-order valence-corrected chi connectivity index (χ3v) is 7.13. The monoisotopic (exact) mass is 483 g/mol. The molecule has 1 aromatic heterocycles. The molecule has 170 valence electrons. The molecule has 11 heteroatoms. The number of amides is 2. The summed E-state index contributed by atoms with van der Waals surface area (Å²) in [7, 11) is 0. The van der Waals surface area contributed by atoms with Gasteiger partial charge in [0.2, 0.25) is 16.9 Å². The highest BCUT2D eigenvalue weighted by Crippen LogP contribution is 2.34. The Hall–Kier alpha value is -3.31. The van der Waals surface area contributed by atoms with Gasteiger partial charge in [-0.3, -0.25) is 25.0 Å². The van der Waals surface area contributed by atoms with Crippen LogP contribution in [0.4, 0.5) is 16.5 Å². The first-order chi connectivity index (χ1) is 15.9. The van der Waals surface area contributed by atoms with Gasteiger partial charge >= 0.3 is 0 Å². The molecule has 1 aliphatic rings. The molecule has 3 aromatic rings. The molecule has 2 heterocycles. The van der Waals surface area contributed by atoms with E-state index < -0.39 is 4.92 Å². The number of hydrogen-bond acceptors (Lipinski definition) is 8. The number of rotatable bonds is 8. The number of non-ortho nitro benzene ring substituents is 1. The van der Waals surface area contributed by atoms with Gasteiger partial charge in [0.25, 0.3) is 5.69 Å². The van der Waals surface area contributed by atoms with E-state index >= 15 is 0 Å². The topological polar surface area (TPSA) is 118 Å². The highest BCUT2D eigenvalue weighted by Gasteiger charge is 2.34. The van der Waals surface area contributed by atoms with E-state index in [0.29, 0.717) is 23.8 Å². The molecule has 2 aromatic carbocycles. The number of nitrogens with one attached hydrogen (secondary N) is 1. The van der Waals surface area contributed by atoms with Gasteiger partial charge in [-0.05, 0) is 30.2 Å². The van der Waals surface area contributed by atoms with Crippen molar-refractivity contribution in [2.45, 2.75) is 25.0 Å². The van der Waals surface area contributed by atoms with Gasteiger partial charge in [-0.25, -0.2) is 0 Å². The van der Waals surface area contributed by atoms with Crippen molar-refractivity contribution in [2.24, 2.45) is 0 Å². The number of thioether (sulfide) groups is 1. The van der Waals surface area contributed by atoms with Crippen LogP contribution in [-0.2, 0) is 15.3 Å². The summed E-state index contributed by atoms with van der Waals surface area (Å²) >= 11 is 2.69.